The normalized spacial score (nSPS) is 10.5. The van der Waals surface area contributed by atoms with E-state index in [9.17, 15) is 4.79 Å². The Morgan fingerprint density at radius 1 is 1.17 bits per heavy atom. The van der Waals surface area contributed by atoms with Crippen LogP contribution in [-0.2, 0) is 11.3 Å². The standard InChI is InChI=1S/C18H18N4O/c1-12-6-7-17-15(8-12)11-20-18(22-17)21-16-5-3-4-14(9-16)10-19-13(2)23/h3-9,11H,10H2,1-2H3,(H,19,23)(H,20,21,22). The van der Waals surface area contributed by atoms with Crippen LogP contribution in [0.4, 0.5) is 11.6 Å². The summed E-state index contributed by atoms with van der Waals surface area (Å²) in [7, 11) is 0. The average molecular weight is 306 g/mol. The molecule has 5 heteroatoms. The third kappa shape index (κ3) is 3.83. The second kappa shape index (κ2) is 6.44. The molecule has 0 aliphatic heterocycles. The van der Waals surface area contributed by atoms with Crippen molar-refractivity contribution in [2.75, 3.05) is 5.32 Å². The molecule has 0 bridgehead atoms. The first-order valence-corrected chi connectivity index (χ1v) is 7.44. The Bertz CT molecular complexity index is 861. The summed E-state index contributed by atoms with van der Waals surface area (Å²) in [4.78, 5) is 19.9. The predicted molar refractivity (Wildman–Crippen MR) is 91.5 cm³/mol. The van der Waals surface area contributed by atoms with E-state index >= 15 is 0 Å². The van der Waals surface area contributed by atoms with Gasteiger partial charge in [0.25, 0.3) is 0 Å². The zero-order valence-electron chi connectivity index (χ0n) is 13.1. The number of benzene rings is 2. The summed E-state index contributed by atoms with van der Waals surface area (Å²) in [6, 6.07) is 13.9. The highest BCUT2D eigenvalue weighted by atomic mass is 16.1. The van der Waals surface area contributed by atoms with E-state index in [4.69, 9.17) is 0 Å². The number of aryl methyl sites for hydroxylation is 1. The van der Waals surface area contributed by atoms with Crippen LogP contribution in [0.25, 0.3) is 10.9 Å². The summed E-state index contributed by atoms with van der Waals surface area (Å²) < 4.78 is 0. The van der Waals surface area contributed by atoms with Gasteiger partial charge < -0.3 is 10.6 Å². The fourth-order valence-electron chi connectivity index (χ4n) is 2.33. The lowest BCUT2D eigenvalue weighted by Crippen LogP contribution is -2.18. The van der Waals surface area contributed by atoms with Crippen molar-refractivity contribution in [1.82, 2.24) is 15.3 Å². The van der Waals surface area contributed by atoms with Crippen molar-refractivity contribution in [2.24, 2.45) is 0 Å². The first-order chi connectivity index (χ1) is 11.1. The van der Waals surface area contributed by atoms with Crippen LogP contribution in [0.15, 0.2) is 48.7 Å². The Balaban J connectivity index is 1.80. The van der Waals surface area contributed by atoms with Gasteiger partial charge in [-0.15, -0.1) is 0 Å². The number of amides is 1. The van der Waals surface area contributed by atoms with E-state index < -0.39 is 0 Å². The van der Waals surface area contributed by atoms with Crippen LogP contribution in [0.1, 0.15) is 18.1 Å². The fourth-order valence-corrected chi connectivity index (χ4v) is 2.33. The number of fused-ring (bicyclic) bond motifs is 1. The number of aromatic nitrogens is 2. The van der Waals surface area contributed by atoms with Crippen LogP contribution in [0.5, 0.6) is 0 Å². The molecule has 0 radical (unpaired) electrons. The van der Waals surface area contributed by atoms with Gasteiger partial charge in [-0.2, -0.15) is 0 Å². The van der Waals surface area contributed by atoms with Crippen molar-refractivity contribution < 1.29 is 4.79 Å². The molecule has 3 aromatic rings. The summed E-state index contributed by atoms with van der Waals surface area (Å²) >= 11 is 0. The quantitative estimate of drug-likeness (QED) is 0.776. The van der Waals surface area contributed by atoms with E-state index in [-0.39, 0.29) is 5.91 Å². The van der Waals surface area contributed by atoms with E-state index in [2.05, 4.69) is 26.7 Å². The summed E-state index contributed by atoms with van der Waals surface area (Å²) in [5, 5.41) is 7.01. The topological polar surface area (TPSA) is 66.9 Å². The molecule has 5 nitrogen and oxygen atoms in total. The molecule has 0 spiro atoms. The van der Waals surface area contributed by atoms with Crippen LogP contribution in [0, 0.1) is 6.92 Å². The molecule has 0 unspecified atom stereocenters. The third-order valence-electron chi connectivity index (χ3n) is 3.46. The lowest BCUT2D eigenvalue weighted by molar-refractivity contribution is -0.119. The van der Waals surface area contributed by atoms with Crippen molar-refractivity contribution in [3.8, 4) is 0 Å². The van der Waals surface area contributed by atoms with Gasteiger partial charge in [-0.3, -0.25) is 4.79 Å². The lowest BCUT2D eigenvalue weighted by Gasteiger charge is -2.08. The van der Waals surface area contributed by atoms with Gasteiger partial charge in [0, 0.05) is 30.7 Å². The second-order valence-electron chi connectivity index (χ2n) is 5.49. The minimum absolute atomic E-state index is 0.0449. The molecule has 0 atom stereocenters. The third-order valence-corrected chi connectivity index (χ3v) is 3.46. The Morgan fingerprint density at radius 2 is 2.04 bits per heavy atom. The van der Waals surface area contributed by atoms with Crippen LogP contribution in [0.3, 0.4) is 0 Å². The highest BCUT2D eigenvalue weighted by Gasteiger charge is 2.02. The number of nitrogens with zero attached hydrogens (tertiary/aromatic N) is 2. The lowest BCUT2D eigenvalue weighted by atomic mass is 10.2. The molecule has 0 saturated carbocycles. The summed E-state index contributed by atoms with van der Waals surface area (Å²) in [6.07, 6.45) is 1.82. The largest absolute Gasteiger partial charge is 0.352 e. The summed E-state index contributed by atoms with van der Waals surface area (Å²) in [5.41, 5.74) is 4.00. The molecule has 1 amide bonds. The number of carbonyl (C=O) groups is 1. The van der Waals surface area contributed by atoms with E-state index in [0.717, 1.165) is 22.2 Å². The van der Waals surface area contributed by atoms with Crippen LogP contribution >= 0.6 is 0 Å². The van der Waals surface area contributed by atoms with E-state index in [1.165, 1.54) is 12.5 Å². The van der Waals surface area contributed by atoms with E-state index in [0.29, 0.717) is 12.5 Å². The SMILES string of the molecule is CC(=O)NCc1cccc(Nc2ncc3cc(C)ccc3n2)c1. The first-order valence-electron chi connectivity index (χ1n) is 7.44. The minimum atomic E-state index is -0.0449. The van der Waals surface area contributed by atoms with Gasteiger partial charge in [0.05, 0.1) is 5.52 Å². The van der Waals surface area contributed by atoms with Gasteiger partial charge in [0.15, 0.2) is 0 Å². The highest BCUT2D eigenvalue weighted by molar-refractivity contribution is 5.79. The zero-order chi connectivity index (χ0) is 16.2. The average Bonchev–Trinajstić information content (AvgIpc) is 2.53. The highest BCUT2D eigenvalue weighted by Crippen LogP contribution is 2.18. The number of hydrogen-bond donors (Lipinski definition) is 2. The molecule has 3 rings (SSSR count). The molecular weight excluding hydrogens is 288 g/mol. The summed E-state index contributed by atoms with van der Waals surface area (Å²) in [6.45, 7) is 4.06. The van der Waals surface area contributed by atoms with Gasteiger partial charge in [0.1, 0.15) is 0 Å². The van der Waals surface area contributed by atoms with Crippen LogP contribution < -0.4 is 10.6 Å². The van der Waals surface area contributed by atoms with Crippen molar-refractivity contribution in [3.05, 3.63) is 59.8 Å². The predicted octanol–water partition coefficient (Wildman–Crippen LogP) is 3.32. The van der Waals surface area contributed by atoms with E-state index in [1.807, 2.05) is 49.5 Å². The second-order valence-corrected chi connectivity index (χ2v) is 5.49. The van der Waals surface area contributed by atoms with Crippen molar-refractivity contribution in [1.29, 1.82) is 0 Å². The van der Waals surface area contributed by atoms with Crippen molar-refractivity contribution in [3.63, 3.8) is 0 Å². The Kier molecular flexibility index (Phi) is 4.19. The van der Waals surface area contributed by atoms with Crippen molar-refractivity contribution in [2.45, 2.75) is 20.4 Å². The summed E-state index contributed by atoms with van der Waals surface area (Å²) in [5.74, 6) is 0.509. The smallest absolute Gasteiger partial charge is 0.227 e. The molecule has 0 fully saturated rings. The van der Waals surface area contributed by atoms with Gasteiger partial charge in [-0.1, -0.05) is 23.8 Å². The van der Waals surface area contributed by atoms with Gasteiger partial charge in [0.2, 0.25) is 11.9 Å². The number of hydrogen-bond acceptors (Lipinski definition) is 4. The van der Waals surface area contributed by atoms with Gasteiger partial charge in [-0.05, 0) is 36.8 Å². The molecule has 23 heavy (non-hydrogen) atoms. The maximum Gasteiger partial charge on any atom is 0.227 e. The first kappa shape index (κ1) is 15.0. The number of nitrogens with one attached hydrogen (secondary N) is 2. The van der Waals surface area contributed by atoms with Crippen molar-refractivity contribution >= 4 is 28.4 Å². The number of rotatable bonds is 4. The van der Waals surface area contributed by atoms with E-state index in [1.54, 1.807) is 0 Å². The molecule has 0 aliphatic carbocycles. The molecule has 2 aromatic carbocycles. The van der Waals surface area contributed by atoms with Crippen LogP contribution in [0.2, 0.25) is 0 Å². The molecule has 1 heterocycles. The minimum Gasteiger partial charge on any atom is -0.352 e. The Morgan fingerprint density at radius 3 is 2.87 bits per heavy atom. The Labute approximate surface area is 134 Å². The molecule has 116 valence electrons. The Hall–Kier alpha value is -2.95. The number of anilines is 2. The molecular formula is C18H18N4O. The monoisotopic (exact) mass is 306 g/mol. The maximum atomic E-state index is 11.0. The molecule has 1 aromatic heterocycles. The molecule has 2 N–H and O–H groups in total. The number of carbonyl (C=O) groups excluding carboxylic acids is 1. The van der Waals surface area contributed by atoms with Gasteiger partial charge in [-0.25, -0.2) is 9.97 Å². The fraction of sp³-hybridized carbons (Fsp3) is 0.167. The van der Waals surface area contributed by atoms with Gasteiger partial charge >= 0.3 is 0 Å². The maximum absolute atomic E-state index is 11.0. The zero-order valence-corrected chi connectivity index (χ0v) is 13.1. The molecule has 0 saturated heterocycles. The molecule has 0 aliphatic rings. The van der Waals surface area contributed by atoms with Crippen LogP contribution in [-0.4, -0.2) is 15.9 Å².